The van der Waals surface area contributed by atoms with Crippen LogP contribution in [0, 0.1) is 5.41 Å². The van der Waals surface area contributed by atoms with Crippen molar-refractivity contribution in [3.05, 3.63) is 23.8 Å². The minimum Gasteiger partial charge on any atom is -0.497 e. The summed E-state index contributed by atoms with van der Waals surface area (Å²) in [5.74, 6) is -0.286. The fourth-order valence-electron chi connectivity index (χ4n) is 1.44. The maximum absolute atomic E-state index is 11.1. The molecule has 0 atom stereocenters. The molecule has 0 saturated heterocycles. The minimum atomic E-state index is -0.936. The monoisotopic (exact) mass is 251 g/mol. The highest BCUT2D eigenvalue weighted by Crippen LogP contribution is 2.25. The van der Waals surface area contributed by atoms with E-state index in [2.05, 4.69) is 26.1 Å². The van der Waals surface area contributed by atoms with Gasteiger partial charge in [0.1, 0.15) is 5.75 Å². The van der Waals surface area contributed by atoms with Gasteiger partial charge in [0, 0.05) is 12.6 Å². The van der Waals surface area contributed by atoms with Gasteiger partial charge in [-0.2, -0.15) is 0 Å². The van der Waals surface area contributed by atoms with Gasteiger partial charge in [-0.15, -0.1) is 0 Å². The first-order valence-corrected chi connectivity index (χ1v) is 6.05. The van der Waals surface area contributed by atoms with E-state index in [1.54, 1.807) is 25.3 Å². The van der Waals surface area contributed by atoms with Crippen LogP contribution in [0.4, 0.5) is 5.69 Å². The van der Waals surface area contributed by atoms with Crippen LogP contribution in [0.5, 0.6) is 5.75 Å². The number of benzene rings is 1. The van der Waals surface area contributed by atoms with Crippen LogP contribution in [-0.4, -0.2) is 24.7 Å². The van der Waals surface area contributed by atoms with Gasteiger partial charge in [0.15, 0.2) is 0 Å². The summed E-state index contributed by atoms with van der Waals surface area (Å²) in [6, 6.07) is 4.93. The van der Waals surface area contributed by atoms with Crippen molar-refractivity contribution in [1.82, 2.24) is 0 Å². The molecule has 0 fully saturated rings. The van der Waals surface area contributed by atoms with Gasteiger partial charge in [-0.05, 0) is 24.0 Å². The molecule has 0 amide bonds. The topological polar surface area (TPSA) is 58.6 Å². The van der Waals surface area contributed by atoms with E-state index in [-0.39, 0.29) is 11.0 Å². The highest BCUT2D eigenvalue weighted by Gasteiger charge is 2.17. The Balaban J connectivity index is 2.94. The van der Waals surface area contributed by atoms with E-state index >= 15 is 0 Å². The quantitative estimate of drug-likeness (QED) is 0.815. The molecule has 0 heterocycles. The van der Waals surface area contributed by atoms with Crippen molar-refractivity contribution < 1.29 is 14.6 Å². The van der Waals surface area contributed by atoms with Gasteiger partial charge in [0.05, 0.1) is 18.4 Å². The van der Waals surface area contributed by atoms with Gasteiger partial charge in [0.2, 0.25) is 0 Å². The lowest BCUT2D eigenvalue weighted by atomic mass is 9.90. The van der Waals surface area contributed by atoms with Crippen LogP contribution in [0.3, 0.4) is 0 Å². The number of aromatic carboxylic acids is 1. The first-order chi connectivity index (χ1) is 8.39. The Morgan fingerprint density at radius 1 is 1.44 bits per heavy atom. The van der Waals surface area contributed by atoms with Crippen LogP contribution >= 0.6 is 0 Å². The summed E-state index contributed by atoms with van der Waals surface area (Å²) in [6.07, 6.45) is 1.02. The van der Waals surface area contributed by atoms with Crippen molar-refractivity contribution in [2.75, 3.05) is 19.0 Å². The molecule has 2 N–H and O–H groups in total. The number of nitrogens with one attached hydrogen (secondary N) is 1. The first kappa shape index (κ1) is 14.4. The standard InChI is InChI=1S/C14H21NO3/c1-5-14(2,3)9-15-12-8-10(18-4)6-7-11(12)13(16)17/h6-8,15H,5,9H2,1-4H3,(H,16,17). The summed E-state index contributed by atoms with van der Waals surface area (Å²) >= 11 is 0. The van der Waals surface area contributed by atoms with Crippen LogP contribution < -0.4 is 10.1 Å². The zero-order chi connectivity index (χ0) is 13.8. The van der Waals surface area contributed by atoms with Crippen LogP contribution in [0.25, 0.3) is 0 Å². The van der Waals surface area contributed by atoms with E-state index in [9.17, 15) is 4.79 Å². The van der Waals surface area contributed by atoms with E-state index in [0.717, 1.165) is 13.0 Å². The van der Waals surface area contributed by atoms with Crippen LogP contribution in [0.1, 0.15) is 37.6 Å². The maximum atomic E-state index is 11.1. The third-order valence-electron chi connectivity index (χ3n) is 3.17. The summed E-state index contributed by atoms with van der Waals surface area (Å²) in [4.78, 5) is 11.1. The molecule has 100 valence electrons. The van der Waals surface area contributed by atoms with Crippen LogP contribution in [-0.2, 0) is 0 Å². The van der Waals surface area contributed by atoms with Gasteiger partial charge < -0.3 is 15.2 Å². The fraction of sp³-hybridized carbons (Fsp3) is 0.500. The molecule has 0 aliphatic rings. The number of hydrogen-bond acceptors (Lipinski definition) is 3. The second-order valence-electron chi connectivity index (χ2n) is 5.09. The van der Waals surface area contributed by atoms with Crippen molar-refractivity contribution in [2.45, 2.75) is 27.2 Å². The number of ether oxygens (including phenoxy) is 1. The van der Waals surface area contributed by atoms with Crippen molar-refractivity contribution in [1.29, 1.82) is 0 Å². The molecule has 1 aromatic carbocycles. The largest absolute Gasteiger partial charge is 0.497 e. The Kier molecular flexibility index (Phi) is 4.59. The Labute approximate surface area is 108 Å². The van der Waals surface area contributed by atoms with E-state index in [4.69, 9.17) is 9.84 Å². The van der Waals surface area contributed by atoms with E-state index in [1.165, 1.54) is 0 Å². The lowest BCUT2D eigenvalue weighted by Gasteiger charge is -2.24. The zero-order valence-electron chi connectivity index (χ0n) is 11.4. The Morgan fingerprint density at radius 3 is 2.61 bits per heavy atom. The summed E-state index contributed by atoms with van der Waals surface area (Å²) in [5.41, 5.74) is 0.991. The maximum Gasteiger partial charge on any atom is 0.337 e. The molecule has 1 aromatic rings. The van der Waals surface area contributed by atoms with Crippen LogP contribution in [0.2, 0.25) is 0 Å². The predicted octanol–water partition coefficient (Wildman–Crippen LogP) is 3.24. The molecule has 0 unspecified atom stereocenters. The van der Waals surface area contributed by atoms with Gasteiger partial charge in [0.25, 0.3) is 0 Å². The third-order valence-corrected chi connectivity index (χ3v) is 3.17. The molecule has 0 aliphatic heterocycles. The smallest absolute Gasteiger partial charge is 0.337 e. The van der Waals surface area contributed by atoms with Gasteiger partial charge in [-0.25, -0.2) is 4.79 Å². The molecule has 4 nitrogen and oxygen atoms in total. The Bertz CT molecular complexity index is 427. The Morgan fingerprint density at radius 2 is 2.11 bits per heavy atom. The van der Waals surface area contributed by atoms with Gasteiger partial charge in [-0.1, -0.05) is 20.8 Å². The highest BCUT2D eigenvalue weighted by molar-refractivity contribution is 5.94. The first-order valence-electron chi connectivity index (χ1n) is 6.05. The number of rotatable bonds is 6. The number of carboxylic acid groups (broad SMARTS) is 1. The van der Waals surface area contributed by atoms with E-state index in [1.807, 2.05) is 0 Å². The molecule has 0 aromatic heterocycles. The third kappa shape index (κ3) is 3.65. The zero-order valence-corrected chi connectivity index (χ0v) is 11.4. The summed E-state index contributed by atoms with van der Waals surface area (Å²) in [7, 11) is 1.57. The normalized spacial score (nSPS) is 11.1. The molecular weight excluding hydrogens is 230 g/mol. The number of anilines is 1. The van der Waals surface area contributed by atoms with Crippen molar-refractivity contribution >= 4 is 11.7 Å². The SMILES string of the molecule is CCC(C)(C)CNc1cc(OC)ccc1C(=O)O. The average Bonchev–Trinajstić information content (AvgIpc) is 2.36. The predicted molar refractivity (Wildman–Crippen MR) is 72.5 cm³/mol. The summed E-state index contributed by atoms with van der Waals surface area (Å²) in [6.45, 7) is 7.11. The average molecular weight is 251 g/mol. The van der Waals surface area contributed by atoms with E-state index in [0.29, 0.717) is 11.4 Å². The van der Waals surface area contributed by atoms with Gasteiger partial charge >= 0.3 is 5.97 Å². The second kappa shape index (κ2) is 5.76. The fourth-order valence-corrected chi connectivity index (χ4v) is 1.44. The molecule has 18 heavy (non-hydrogen) atoms. The summed E-state index contributed by atoms with van der Waals surface area (Å²) < 4.78 is 5.11. The molecule has 0 bridgehead atoms. The lowest BCUT2D eigenvalue weighted by Crippen LogP contribution is -2.23. The number of hydrogen-bond donors (Lipinski definition) is 2. The van der Waals surface area contributed by atoms with Crippen molar-refractivity contribution in [3.8, 4) is 5.75 Å². The van der Waals surface area contributed by atoms with E-state index < -0.39 is 5.97 Å². The molecule has 0 saturated carbocycles. The van der Waals surface area contributed by atoms with Crippen LogP contribution in [0.15, 0.2) is 18.2 Å². The molecule has 1 rings (SSSR count). The number of carboxylic acids is 1. The molecule has 0 aliphatic carbocycles. The minimum absolute atomic E-state index is 0.124. The Hall–Kier alpha value is -1.71. The second-order valence-corrected chi connectivity index (χ2v) is 5.09. The molecular formula is C14H21NO3. The van der Waals surface area contributed by atoms with Crippen molar-refractivity contribution in [3.63, 3.8) is 0 Å². The van der Waals surface area contributed by atoms with Gasteiger partial charge in [-0.3, -0.25) is 0 Å². The van der Waals surface area contributed by atoms with Crippen molar-refractivity contribution in [2.24, 2.45) is 5.41 Å². The molecule has 4 heteroatoms. The number of methoxy groups -OCH3 is 1. The highest BCUT2D eigenvalue weighted by atomic mass is 16.5. The summed E-state index contributed by atoms with van der Waals surface area (Å²) in [5, 5.41) is 12.3. The molecule has 0 radical (unpaired) electrons. The number of carbonyl (C=O) groups is 1. The molecule has 0 spiro atoms. The lowest BCUT2D eigenvalue weighted by molar-refractivity contribution is 0.0698.